The van der Waals surface area contributed by atoms with E-state index >= 15 is 0 Å². The van der Waals surface area contributed by atoms with Crippen molar-refractivity contribution in [2.75, 3.05) is 39.3 Å². The van der Waals surface area contributed by atoms with E-state index in [1.54, 1.807) is 0 Å². The first-order valence-corrected chi connectivity index (χ1v) is 8.76. The lowest BCUT2D eigenvalue weighted by atomic mass is 10.1. The third-order valence-corrected chi connectivity index (χ3v) is 4.64. The number of nitrogens with zero attached hydrogens (tertiary/aromatic N) is 3. The lowest BCUT2D eigenvalue weighted by Crippen LogP contribution is -2.47. The topological polar surface area (TPSA) is 28.6 Å². The van der Waals surface area contributed by atoms with Crippen molar-refractivity contribution in [3.8, 4) is 5.75 Å². The third-order valence-electron chi connectivity index (χ3n) is 4.64. The number of aromatic nitrogens is 1. The molecule has 1 aliphatic heterocycles. The molecule has 0 unspecified atom stereocenters. The van der Waals surface area contributed by atoms with Crippen molar-refractivity contribution >= 4 is 0 Å². The molecule has 0 atom stereocenters. The highest BCUT2D eigenvalue weighted by Crippen LogP contribution is 2.22. The zero-order valence-electron chi connectivity index (χ0n) is 14.7. The zero-order chi connectivity index (χ0) is 16.8. The van der Waals surface area contributed by atoms with Crippen molar-refractivity contribution in [1.82, 2.24) is 14.8 Å². The van der Waals surface area contributed by atoms with Gasteiger partial charge < -0.3 is 4.74 Å². The van der Waals surface area contributed by atoms with Crippen molar-refractivity contribution < 1.29 is 4.74 Å². The molecule has 128 valence electrons. The molecule has 0 N–H and O–H groups in total. The molecule has 24 heavy (non-hydrogen) atoms. The van der Waals surface area contributed by atoms with Gasteiger partial charge in [-0.2, -0.15) is 0 Å². The maximum absolute atomic E-state index is 6.03. The molecule has 0 radical (unpaired) electrons. The van der Waals surface area contributed by atoms with E-state index in [9.17, 15) is 0 Å². The summed E-state index contributed by atoms with van der Waals surface area (Å²) in [6.45, 7) is 11.3. The normalized spacial score (nSPS) is 16.2. The Hall–Kier alpha value is -1.91. The van der Waals surface area contributed by atoms with Gasteiger partial charge in [-0.1, -0.05) is 24.3 Å². The van der Waals surface area contributed by atoms with Gasteiger partial charge in [0.25, 0.3) is 0 Å². The van der Waals surface area contributed by atoms with Gasteiger partial charge in [0.2, 0.25) is 0 Å². The maximum atomic E-state index is 6.03. The molecule has 4 heteroatoms. The van der Waals surface area contributed by atoms with Crippen molar-refractivity contribution in [1.29, 1.82) is 0 Å². The number of hydrogen-bond donors (Lipinski definition) is 0. The van der Waals surface area contributed by atoms with Crippen molar-refractivity contribution in [3.63, 3.8) is 0 Å². The number of rotatable bonds is 6. The molecule has 0 aliphatic carbocycles. The van der Waals surface area contributed by atoms with Crippen LogP contribution in [0, 0.1) is 13.8 Å². The van der Waals surface area contributed by atoms with Crippen molar-refractivity contribution in [2.45, 2.75) is 20.4 Å². The number of ether oxygens (including phenoxy) is 1. The molecule has 0 bridgehead atoms. The first-order valence-electron chi connectivity index (χ1n) is 8.76. The summed E-state index contributed by atoms with van der Waals surface area (Å²) in [5.74, 6) is 1.05. The van der Waals surface area contributed by atoms with E-state index in [-0.39, 0.29) is 0 Å². The SMILES string of the molecule is Cc1cccc(C)c1OCCN1CCN(Cc2ccccn2)CC1. The lowest BCUT2D eigenvalue weighted by Gasteiger charge is -2.34. The van der Waals surface area contributed by atoms with E-state index in [2.05, 4.69) is 59.0 Å². The minimum Gasteiger partial charge on any atom is -0.492 e. The minimum absolute atomic E-state index is 0.756. The Balaban J connectivity index is 1.40. The predicted octanol–water partition coefficient (Wildman–Crippen LogP) is 2.90. The monoisotopic (exact) mass is 325 g/mol. The highest BCUT2D eigenvalue weighted by atomic mass is 16.5. The van der Waals surface area contributed by atoms with Crippen LogP contribution in [-0.2, 0) is 6.54 Å². The number of hydrogen-bond acceptors (Lipinski definition) is 4. The van der Waals surface area contributed by atoms with E-state index in [0.717, 1.165) is 57.3 Å². The quantitative estimate of drug-likeness (QED) is 0.816. The molecular weight excluding hydrogens is 298 g/mol. The summed E-state index contributed by atoms with van der Waals surface area (Å²) in [4.78, 5) is 9.38. The number of pyridine rings is 1. The van der Waals surface area contributed by atoms with Crippen LogP contribution in [0.2, 0.25) is 0 Å². The summed E-state index contributed by atoms with van der Waals surface area (Å²) >= 11 is 0. The average molecular weight is 325 g/mol. The fourth-order valence-electron chi connectivity index (χ4n) is 3.20. The van der Waals surface area contributed by atoms with Crippen LogP contribution in [0.3, 0.4) is 0 Å². The summed E-state index contributed by atoms with van der Waals surface area (Å²) < 4.78 is 6.03. The largest absolute Gasteiger partial charge is 0.492 e. The standard InChI is InChI=1S/C20H27N3O/c1-17-6-5-7-18(2)20(17)24-15-14-22-10-12-23(13-11-22)16-19-8-3-4-9-21-19/h3-9H,10-16H2,1-2H3. The molecular formula is C20H27N3O. The lowest BCUT2D eigenvalue weighted by molar-refractivity contribution is 0.111. The van der Waals surface area contributed by atoms with Crippen molar-refractivity contribution in [3.05, 3.63) is 59.4 Å². The Morgan fingerprint density at radius 3 is 2.29 bits per heavy atom. The Kier molecular flexibility index (Phi) is 5.83. The van der Waals surface area contributed by atoms with Gasteiger partial charge in [-0.15, -0.1) is 0 Å². The highest BCUT2D eigenvalue weighted by Gasteiger charge is 2.17. The van der Waals surface area contributed by atoms with E-state index in [1.807, 2.05) is 12.3 Å². The maximum Gasteiger partial charge on any atom is 0.125 e. The van der Waals surface area contributed by atoms with Gasteiger partial charge in [-0.3, -0.25) is 14.8 Å². The van der Waals surface area contributed by atoms with Gasteiger partial charge in [0, 0.05) is 45.5 Å². The molecule has 1 fully saturated rings. The first kappa shape index (κ1) is 16.9. The number of aryl methyl sites for hydroxylation is 2. The Morgan fingerprint density at radius 1 is 0.917 bits per heavy atom. The Labute approximate surface area is 145 Å². The summed E-state index contributed by atoms with van der Waals surface area (Å²) in [6, 6.07) is 12.4. The first-order chi connectivity index (χ1) is 11.7. The molecule has 0 spiro atoms. The van der Waals surface area contributed by atoms with Gasteiger partial charge in [-0.05, 0) is 37.1 Å². The van der Waals surface area contributed by atoms with Crippen LogP contribution in [0.15, 0.2) is 42.6 Å². The summed E-state index contributed by atoms with van der Waals surface area (Å²) in [5, 5.41) is 0. The molecule has 1 aromatic carbocycles. The molecule has 1 saturated heterocycles. The summed E-state index contributed by atoms with van der Waals surface area (Å²) in [6.07, 6.45) is 1.87. The van der Waals surface area contributed by atoms with Crippen LogP contribution in [-0.4, -0.2) is 54.1 Å². The van der Waals surface area contributed by atoms with Gasteiger partial charge in [0.1, 0.15) is 12.4 Å². The average Bonchev–Trinajstić information content (AvgIpc) is 2.60. The summed E-state index contributed by atoms with van der Waals surface area (Å²) in [5.41, 5.74) is 3.59. The second-order valence-corrected chi connectivity index (χ2v) is 6.51. The summed E-state index contributed by atoms with van der Waals surface area (Å²) in [7, 11) is 0. The van der Waals surface area contributed by atoms with E-state index in [1.165, 1.54) is 11.1 Å². The van der Waals surface area contributed by atoms with E-state index in [4.69, 9.17) is 4.74 Å². The van der Waals surface area contributed by atoms with Gasteiger partial charge in [-0.25, -0.2) is 0 Å². The molecule has 4 nitrogen and oxygen atoms in total. The second kappa shape index (κ2) is 8.27. The Bertz CT molecular complexity index is 616. The van der Waals surface area contributed by atoms with Crippen LogP contribution < -0.4 is 4.74 Å². The fourth-order valence-corrected chi connectivity index (χ4v) is 3.20. The van der Waals surface area contributed by atoms with Crippen LogP contribution in [0.5, 0.6) is 5.75 Å². The van der Waals surface area contributed by atoms with Crippen LogP contribution in [0.4, 0.5) is 0 Å². The molecule has 1 aromatic heterocycles. The number of para-hydroxylation sites is 1. The second-order valence-electron chi connectivity index (χ2n) is 6.51. The van der Waals surface area contributed by atoms with Gasteiger partial charge in [0.15, 0.2) is 0 Å². The molecule has 3 rings (SSSR count). The molecule has 2 aromatic rings. The van der Waals surface area contributed by atoms with E-state index < -0.39 is 0 Å². The molecule has 0 amide bonds. The molecule has 1 aliphatic rings. The van der Waals surface area contributed by atoms with Gasteiger partial charge in [0.05, 0.1) is 5.69 Å². The smallest absolute Gasteiger partial charge is 0.125 e. The molecule has 2 heterocycles. The van der Waals surface area contributed by atoms with Gasteiger partial charge >= 0.3 is 0 Å². The highest BCUT2D eigenvalue weighted by molar-refractivity contribution is 5.39. The van der Waals surface area contributed by atoms with Crippen LogP contribution in [0.25, 0.3) is 0 Å². The zero-order valence-corrected chi connectivity index (χ0v) is 14.7. The van der Waals surface area contributed by atoms with Crippen molar-refractivity contribution in [2.24, 2.45) is 0 Å². The Morgan fingerprint density at radius 2 is 1.62 bits per heavy atom. The molecule has 0 saturated carbocycles. The number of benzene rings is 1. The van der Waals surface area contributed by atoms with Crippen LogP contribution in [0.1, 0.15) is 16.8 Å². The predicted molar refractivity (Wildman–Crippen MR) is 97.4 cm³/mol. The fraction of sp³-hybridized carbons (Fsp3) is 0.450. The third kappa shape index (κ3) is 4.56. The van der Waals surface area contributed by atoms with E-state index in [0.29, 0.717) is 0 Å². The number of piperazine rings is 1. The minimum atomic E-state index is 0.756. The van der Waals surface area contributed by atoms with Crippen LogP contribution >= 0.6 is 0 Å².